The third kappa shape index (κ3) is 5.09. The van der Waals surface area contributed by atoms with E-state index >= 15 is 0 Å². The van der Waals surface area contributed by atoms with E-state index in [0.29, 0.717) is 17.2 Å². The van der Waals surface area contributed by atoms with Gasteiger partial charge in [-0.25, -0.2) is 0 Å². The maximum atomic E-state index is 12.1. The molecule has 2 aromatic carbocycles. The first-order valence-corrected chi connectivity index (χ1v) is 8.76. The molecule has 0 radical (unpaired) electrons. The minimum absolute atomic E-state index is 0.0826. The second kappa shape index (κ2) is 9.04. The number of nitrogens with one attached hydrogen (secondary N) is 1. The maximum Gasteiger partial charge on any atom is 0.310 e. The third-order valence-corrected chi connectivity index (χ3v) is 4.49. The van der Waals surface area contributed by atoms with E-state index in [1.54, 1.807) is 31.2 Å². The molecule has 0 aromatic heterocycles. The van der Waals surface area contributed by atoms with E-state index < -0.39 is 11.9 Å². The molecule has 2 N–H and O–H groups in total. The zero-order chi connectivity index (χ0) is 19.1. The maximum absolute atomic E-state index is 12.1. The molecule has 0 fully saturated rings. The summed E-state index contributed by atoms with van der Waals surface area (Å²) in [7, 11) is 0. The fraction of sp³-hybridized carbons (Fsp3) is 0.333. The highest BCUT2D eigenvalue weighted by atomic mass is 16.5. The van der Waals surface area contributed by atoms with Gasteiger partial charge in [0.25, 0.3) is 5.91 Å². The molecule has 0 heterocycles. The molecule has 5 nitrogen and oxygen atoms in total. The summed E-state index contributed by atoms with van der Waals surface area (Å²) >= 11 is 0. The van der Waals surface area contributed by atoms with Gasteiger partial charge in [0.1, 0.15) is 5.75 Å². The first-order chi connectivity index (χ1) is 12.4. The molecule has 0 bridgehead atoms. The number of rotatable bonds is 8. The molecular formula is C21H25NO4. The van der Waals surface area contributed by atoms with E-state index in [9.17, 15) is 9.59 Å². The molecule has 0 aliphatic carbocycles. The van der Waals surface area contributed by atoms with E-state index in [1.165, 1.54) is 0 Å². The molecule has 138 valence electrons. The van der Waals surface area contributed by atoms with Gasteiger partial charge in [-0.2, -0.15) is 0 Å². The largest absolute Gasteiger partial charge is 0.483 e. The fourth-order valence-corrected chi connectivity index (χ4v) is 2.58. The Morgan fingerprint density at radius 3 is 2.35 bits per heavy atom. The molecule has 0 saturated heterocycles. The summed E-state index contributed by atoms with van der Waals surface area (Å²) in [5.74, 6) is -0.640. The molecule has 2 unspecified atom stereocenters. The van der Waals surface area contributed by atoms with E-state index in [4.69, 9.17) is 9.84 Å². The first kappa shape index (κ1) is 19.5. The van der Waals surface area contributed by atoms with Crippen LogP contribution in [0.3, 0.4) is 0 Å². The number of hydrogen-bond donors (Lipinski definition) is 2. The van der Waals surface area contributed by atoms with Gasteiger partial charge in [0.05, 0.1) is 5.92 Å². The minimum Gasteiger partial charge on any atom is -0.483 e. The Morgan fingerprint density at radius 2 is 1.73 bits per heavy atom. The zero-order valence-corrected chi connectivity index (χ0v) is 15.4. The van der Waals surface area contributed by atoms with E-state index in [1.807, 2.05) is 24.3 Å². The lowest BCUT2D eigenvalue weighted by molar-refractivity contribution is -0.138. The van der Waals surface area contributed by atoms with Crippen LogP contribution in [0.15, 0.2) is 48.5 Å². The summed E-state index contributed by atoms with van der Waals surface area (Å²) in [5, 5.41) is 11.8. The van der Waals surface area contributed by atoms with Crippen molar-refractivity contribution in [3.05, 3.63) is 59.7 Å². The van der Waals surface area contributed by atoms with Crippen LogP contribution in [0, 0.1) is 0 Å². The quantitative estimate of drug-likeness (QED) is 0.736. The van der Waals surface area contributed by atoms with Crippen molar-refractivity contribution >= 4 is 17.6 Å². The smallest absolute Gasteiger partial charge is 0.310 e. The van der Waals surface area contributed by atoms with Crippen molar-refractivity contribution in [3.8, 4) is 5.75 Å². The van der Waals surface area contributed by atoms with Crippen LogP contribution in [0.4, 0.5) is 5.69 Å². The van der Waals surface area contributed by atoms with Crippen molar-refractivity contribution in [1.29, 1.82) is 0 Å². The van der Waals surface area contributed by atoms with Crippen molar-refractivity contribution in [3.63, 3.8) is 0 Å². The minimum atomic E-state index is -0.879. The van der Waals surface area contributed by atoms with Gasteiger partial charge in [0.15, 0.2) is 6.61 Å². The van der Waals surface area contributed by atoms with Crippen LogP contribution in [0.25, 0.3) is 0 Å². The number of ether oxygens (including phenoxy) is 1. The highest BCUT2D eigenvalue weighted by Crippen LogP contribution is 2.28. The fourth-order valence-electron chi connectivity index (χ4n) is 2.58. The molecule has 1 amide bonds. The Balaban J connectivity index is 1.95. The van der Waals surface area contributed by atoms with Crippen LogP contribution in [0.5, 0.6) is 5.75 Å². The first-order valence-electron chi connectivity index (χ1n) is 8.76. The Bertz CT molecular complexity index is 755. The number of carboxylic acids is 1. The molecular weight excluding hydrogens is 330 g/mol. The number of hydrogen-bond acceptors (Lipinski definition) is 3. The highest BCUT2D eigenvalue weighted by molar-refractivity contribution is 5.92. The van der Waals surface area contributed by atoms with Gasteiger partial charge in [0.2, 0.25) is 0 Å². The van der Waals surface area contributed by atoms with E-state index in [-0.39, 0.29) is 12.5 Å². The number of aliphatic carboxylic acids is 1. The summed E-state index contributed by atoms with van der Waals surface area (Å²) in [6.07, 6.45) is 0.994. The van der Waals surface area contributed by atoms with Crippen molar-refractivity contribution < 1.29 is 19.4 Å². The number of benzene rings is 2. The molecule has 0 aliphatic heterocycles. The van der Waals surface area contributed by atoms with Gasteiger partial charge in [-0.05, 0) is 48.6 Å². The zero-order valence-electron chi connectivity index (χ0n) is 15.4. The summed E-state index contributed by atoms with van der Waals surface area (Å²) < 4.78 is 5.70. The average molecular weight is 355 g/mol. The van der Waals surface area contributed by atoms with Crippen LogP contribution in [0.1, 0.15) is 50.2 Å². The van der Waals surface area contributed by atoms with E-state index in [0.717, 1.165) is 17.7 Å². The standard InChI is InChI=1S/C21H25NO4/c1-4-14(2)18-7-5-6-8-19(18)26-13-20(23)22-17-11-9-16(10-12-17)15(3)21(24)25/h5-12,14-15H,4,13H2,1-3H3,(H,22,23)(H,24,25). The number of carbonyl (C=O) groups excluding carboxylic acids is 1. The van der Waals surface area contributed by atoms with Gasteiger partial charge >= 0.3 is 5.97 Å². The lowest BCUT2D eigenvalue weighted by Crippen LogP contribution is -2.20. The highest BCUT2D eigenvalue weighted by Gasteiger charge is 2.14. The summed E-state index contributed by atoms with van der Waals surface area (Å²) in [6.45, 7) is 5.78. The molecule has 0 spiro atoms. The number of anilines is 1. The molecule has 2 rings (SSSR count). The molecule has 2 aromatic rings. The van der Waals surface area contributed by atoms with Crippen LogP contribution in [0.2, 0.25) is 0 Å². The van der Waals surface area contributed by atoms with E-state index in [2.05, 4.69) is 19.2 Å². The molecule has 0 aliphatic rings. The summed E-state index contributed by atoms with van der Waals surface area (Å²) in [6, 6.07) is 14.5. The SMILES string of the molecule is CCC(C)c1ccccc1OCC(=O)Nc1ccc(C(C)C(=O)O)cc1. The van der Waals surface area contributed by atoms with Crippen molar-refractivity contribution in [2.75, 3.05) is 11.9 Å². The van der Waals surface area contributed by atoms with Gasteiger partial charge in [-0.15, -0.1) is 0 Å². The van der Waals surface area contributed by atoms with Crippen LogP contribution >= 0.6 is 0 Å². The van der Waals surface area contributed by atoms with Crippen molar-refractivity contribution in [2.24, 2.45) is 0 Å². The van der Waals surface area contributed by atoms with Gasteiger partial charge in [0, 0.05) is 5.69 Å². The number of amides is 1. The topological polar surface area (TPSA) is 75.6 Å². The summed E-state index contributed by atoms with van der Waals surface area (Å²) in [5.41, 5.74) is 2.39. The Hall–Kier alpha value is -2.82. The van der Waals surface area contributed by atoms with Gasteiger partial charge in [-0.1, -0.05) is 44.2 Å². The van der Waals surface area contributed by atoms with Gasteiger partial charge < -0.3 is 15.2 Å². The van der Waals surface area contributed by atoms with Crippen LogP contribution in [-0.2, 0) is 9.59 Å². The average Bonchev–Trinajstić information content (AvgIpc) is 2.66. The molecule has 0 saturated carbocycles. The lowest BCUT2D eigenvalue weighted by atomic mass is 9.98. The van der Waals surface area contributed by atoms with Crippen molar-refractivity contribution in [1.82, 2.24) is 0 Å². The normalized spacial score (nSPS) is 12.9. The number of para-hydroxylation sites is 1. The van der Waals surface area contributed by atoms with Gasteiger partial charge in [-0.3, -0.25) is 9.59 Å². The van der Waals surface area contributed by atoms with Crippen LogP contribution < -0.4 is 10.1 Å². The van der Waals surface area contributed by atoms with Crippen molar-refractivity contribution in [2.45, 2.75) is 39.0 Å². The Kier molecular flexibility index (Phi) is 6.78. The molecule has 5 heteroatoms. The lowest BCUT2D eigenvalue weighted by Gasteiger charge is -2.15. The number of carbonyl (C=O) groups is 2. The molecule has 26 heavy (non-hydrogen) atoms. The second-order valence-corrected chi connectivity index (χ2v) is 6.37. The Morgan fingerprint density at radius 1 is 1.08 bits per heavy atom. The monoisotopic (exact) mass is 355 g/mol. The Labute approximate surface area is 154 Å². The summed E-state index contributed by atoms with van der Waals surface area (Å²) in [4.78, 5) is 23.1. The predicted molar refractivity (Wildman–Crippen MR) is 102 cm³/mol. The van der Waals surface area contributed by atoms with Crippen LogP contribution in [-0.4, -0.2) is 23.6 Å². The third-order valence-electron chi connectivity index (χ3n) is 4.49. The predicted octanol–water partition coefficient (Wildman–Crippen LogP) is 4.41. The second-order valence-electron chi connectivity index (χ2n) is 6.37. The number of carboxylic acid groups (broad SMARTS) is 1. The molecule has 2 atom stereocenters.